The Morgan fingerprint density at radius 1 is 1.00 bits per heavy atom. The minimum absolute atomic E-state index is 0.0617. The molecule has 1 heterocycles. The third-order valence-corrected chi connectivity index (χ3v) is 8.34. The molecule has 31 heavy (non-hydrogen) atoms. The molecule has 1 saturated heterocycles. The van der Waals surface area contributed by atoms with Gasteiger partial charge in [0, 0.05) is 12.3 Å². The summed E-state index contributed by atoms with van der Waals surface area (Å²) in [6.07, 6.45) is 1.60. The number of nitrogens with zero attached hydrogens (tertiary/aromatic N) is 2. The van der Waals surface area contributed by atoms with Crippen LogP contribution in [0.4, 0.5) is 4.79 Å². The molecular weight excluding hydrogens is 436 g/mol. The van der Waals surface area contributed by atoms with Crippen LogP contribution >= 0.6 is 0 Å². The van der Waals surface area contributed by atoms with Crippen molar-refractivity contribution in [2.45, 2.75) is 44.2 Å². The quantitative estimate of drug-likeness (QED) is 0.623. The van der Waals surface area contributed by atoms with E-state index in [9.17, 15) is 21.6 Å². The maximum Gasteiger partial charge on any atom is 0.334 e. The van der Waals surface area contributed by atoms with E-state index in [4.69, 9.17) is 0 Å². The zero-order chi connectivity index (χ0) is 23.0. The maximum absolute atomic E-state index is 13.0. The SMILES string of the molecule is CCCS(=O)(=O)N1CC(c2cccc(-c3cccc(S(C)(=O)=O)c3)c2)N(C(C)C)C1=O. The average Bonchev–Trinajstić information content (AvgIpc) is 3.06. The first kappa shape index (κ1) is 23.3. The molecular formula is C22H28N2O5S2. The Bertz CT molecular complexity index is 1190. The molecule has 2 amide bonds. The second kappa shape index (κ2) is 8.63. The number of carbonyl (C=O) groups is 1. The highest BCUT2D eigenvalue weighted by Crippen LogP contribution is 2.35. The van der Waals surface area contributed by atoms with Gasteiger partial charge in [0.05, 0.1) is 23.2 Å². The minimum Gasteiger partial charge on any atom is -0.313 e. The molecule has 0 aliphatic carbocycles. The number of rotatable bonds is 7. The lowest BCUT2D eigenvalue weighted by Crippen LogP contribution is -2.40. The van der Waals surface area contributed by atoms with Crippen LogP contribution in [0, 0.1) is 0 Å². The van der Waals surface area contributed by atoms with Crippen LogP contribution in [0.3, 0.4) is 0 Å². The third-order valence-electron chi connectivity index (χ3n) is 5.33. The van der Waals surface area contributed by atoms with E-state index in [1.54, 1.807) is 30.0 Å². The summed E-state index contributed by atoms with van der Waals surface area (Å²) in [7, 11) is -7.02. The van der Waals surface area contributed by atoms with Crippen LogP contribution in [0.5, 0.6) is 0 Å². The van der Waals surface area contributed by atoms with Gasteiger partial charge in [-0.25, -0.2) is 25.9 Å². The Hall–Kier alpha value is -2.39. The molecule has 9 heteroatoms. The van der Waals surface area contributed by atoms with Crippen LogP contribution in [0.1, 0.15) is 38.8 Å². The lowest BCUT2D eigenvalue weighted by molar-refractivity contribution is 0.181. The van der Waals surface area contributed by atoms with Crippen molar-refractivity contribution in [3.8, 4) is 11.1 Å². The molecule has 168 valence electrons. The van der Waals surface area contributed by atoms with Gasteiger partial charge < -0.3 is 4.90 Å². The van der Waals surface area contributed by atoms with E-state index in [0.717, 1.165) is 21.0 Å². The number of amides is 2. The standard InChI is InChI=1S/C22H28N2O5S2/c1-5-12-31(28,29)23-15-21(24(16(2)3)22(23)25)19-10-6-8-17(13-19)18-9-7-11-20(14-18)30(4,26)27/h6-11,13-14,16,21H,5,12,15H2,1-4H3. The van der Waals surface area contributed by atoms with Gasteiger partial charge in [-0.05, 0) is 55.2 Å². The molecule has 2 aromatic carbocycles. The van der Waals surface area contributed by atoms with Gasteiger partial charge in [0.15, 0.2) is 9.84 Å². The highest BCUT2D eigenvalue weighted by molar-refractivity contribution is 7.90. The lowest BCUT2D eigenvalue weighted by Gasteiger charge is -2.27. The first-order valence-electron chi connectivity index (χ1n) is 10.2. The first-order chi connectivity index (χ1) is 14.5. The predicted octanol–water partition coefficient (Wildman–Crippen LogP) is 3.68. The maximum atomic E-state index is 13.0. The molecule has 0 aromatic heterocycles. The van der Waals surface area contributed by atoms with Gasteiger partial charge >= 0.3 is 6.03 Å². The van der Waals surface area contributed by atoms with E-state index in [2.05, 4.69) is 0 Å². The summed E-state index contributed by atoms with van der Waals surface area (Å²) in [5.41, 5.74) is 2.34. The van der Waals surface area contributed by atoms with E-state index in [-0.39, 0.29) is 23.2 Å². The van der Waals surface area contributed by atoms with Gasteiger partial charge in [0.25, 0.3) is 0 Å². The largest absolute Gasteiger partial charge is 0.334 e. The zero-order valence-corrected chi connectivity index (χ0v) is 19.8. The van der Waals surface area contributed by atoms with Gasteiger partial charge in [0.1, 0.15) is 0 Å². The average molecular weight is 465 g/mol. The lowest BCUT2D eigenvalue weighted by atomic mass is 9.99. The minimum atomic E-state index is -3.68. The van der Waals surface area contributed by atoms with Gasteiger partial charge in [-0.15, -0.1) is 0 Å². The summed E-state index contributed by atoms with van der Waals surface area (Å²) in [6.45, 7) is 5.55. The van der Waals surface area contributed by atoms with Crippen molar-refractivity contribution < 1.29 is 21.6 Å². The summed E-state index contributed by atoms with van der Waals surface area (Å²) >= 11 is 0. The fourth-order valence-corrected chi connectivity index (χ4v) is 5.97. The molecule has 3 rings (SSSR count). The van der Waals surface area contributed by atoms with E-state index >= 15 is 0 Å². The molecule has 0 spiro atoms. The summed E-state index contributed by atoms with van der Waals surface area (Å²) in [6, 6.07) is 13.0. The molecule has 2 aromatic rings. The molecule has 0 N–H and O–H groups in total. The van der Waals surface area contributed by atoms with Gasteiger partial charge in [-0.3, -0.25) is 0 Å². The number of hydrogen-bond acceptors (Lipinski definition) is 5. The Morgan fingerprint density at radius 3 is 2.19 bits per heavy atom. The summed E-state index contributed by atoms with van der Waals surface area (Å²) in [4.78, 5) is 14.8. The number of urea groups is 1. The van der Waals surface area contributed by atoms with E-state index in [1.807, 2.05) is 44.2 Å². The Labute approximate surface area is 184 Å². The fraction of sp³-hybridized carbons (Fsp3) is 0.409. The van der Waals surface area contributed by atoms with Crippen molar-refractivity contribution >= 4 is 25.9 Å². The van der Waals surface area contributed by atoms with Crippen molar-refractivity contribution in [3.05, 3.63) is 54.1 Å². The van der Waals surface area contributed by atoms with Crippen LogP contribution in [0.25, 0.3) is 11.1 Å². The number of sulfone groups is 1. The monoisotopic (exact) mass is 464 g/mol. The summed E-state index contributed by atoms with van der Waals surface area (Å²) in [5, 5.41) is 0. The number of carbonyl (C=O) groups excluding carboxylic acids is 1. The molecule has 1 aliphatic heterocycles. The topological polar surface area (TPSA) is 91.8 Å². The molecule has 1 atom stereocenters. The van der Waals surface area contributed by atoms with E-state index < -0.39 is 31.9 Å². The van der Waals surface area contributed by atoms with E-state index in [0.29, 0.717) is 6.42 Å². The van der Waals surface area contributed by atoms with Gasteiger partial charge in [-0.1, -0.05) is 37.3 Å². The molecule has 0 radical (unpaired) electrons. The third kappa shape index (κ3) is 4.77. The smallest absolute Gasteiger partial charge is 0.313 e. The highest BCUT2D eigenvalue weighted by Gasteiger charge is 2.44. The highest BCUT2D eigenvalue weighted by atomic mass is 32.2. The van der Waals surface area contributed by atoms with Crippen LogP contribution in [-0.4, -0.2) is 56.7 Å². The van der Waals surface area contributed by atoms with Crippen molar-refractivity contribution in [3.63, 3.8) is 0 Å². The molecule has 1 aliphatic rings. The molecule has 1 fully saturated rings. The predicted molar refractivity (Wildman–Crippen MR) is 121 cm³/mol. The Kier molecular flexibility index (Phi) is 6.48. The second-order valence-corrected chi connectivity index (χ2v) is 12.1. The van der Waals surface area contributed by atoms with Crippen molar-refractivity contribution in [1.29, 1.82) is 0 Å². The molecule has 7 nitrogen and oxygen atoms in total. The van der Waals surface area contributed by atoms with Gasteiger partial charge in [-0.2, -0.15) is 0 Å². The Morgan fingerprint density at radius 2 is 1.61 bits per heavy atom. The molecule has 1 unspecified atom stereocenters. The number of benzene rings is 2. The van der Waals surface area contributed by atoms with E-state index in [1.165, 1.54) is 6.26 Å². The van der Waals surface area contributed by atoms with Crippen LogP contribution in [-0.2, 0) is 19.9 Å². The zero-order valence-electron chi connectivity index (χ0n) is 18.1. The van der Waals surface area contributed by atoms with Gasteiger partial charge in [0.2, 0.25) is 10.0 Å². The summed E-state index contributed by atoms with van der Waals surface area (Å²) < 4.78 is 50.1. The van der Waals surface area contributed by atoms with Crippen molar-refractivity contribution in [1.82, 2.24) is 9.21 Å². The van der Waals surface area contributed by atoms with Crippen LogP contribution in [0.2, 0.25) is 0 Å². The molecule has 0 saturated carbocycles. The van der Waals surface area contributed by atoms with Crippen molar-refractivity contribution in [2.75, 3.05) is 18.6 Å². The molecule has 0 bridgehead atoms. The van der Waals surface area contributed by atoms with Crippen LogP contribution in [0.15, 0.2) is 53.4 Å². The fourth-order valence-electron chi connectivity index (χ4n) is 3.86. The normalized spacial score (nSPS) is 17.6. The van der Waals surface area contributed by atoms with Crippen LogP contribution < -0.4 is 0 Å². The number of hydrogen-bond donors (Lipinski definition) is 0. The first-order valence-corrected chi connectivity index (χ1v) is 13.7. The number of sulfonamides is 1. The van der Waals surface area contributed by atoms with Crippen molar-refractivity contribution in [2.24, 2.45) is 0 Å². The second-order valence-electron chi connectivity index (χ2n) is 8.07. The summed E-state index contributed by atoms with van der Waals surface area (Å²) in [5.74, 6) is -0.0737. The Balaban J connectivity index is 2.02.